The molecule has 0 N–H and O–H groups in total. The normalized spacial score (nSPS) is 17.7. The predicted molar refractivity (Wildman–Crippen MR) is 91.8 cm³/mol. The van der Waals surface area contributed by atoms with Gasteiger partial charge in [0.25, 0.3) is 0 Å². The predicted octanol–water partition coefficient (Wildman–Crippen LogP) is 3.75. The maximum atomic E-state index is 12.6. The van der Waals surface area contributed by atoms with Gasteiger partial charge in [-0.3, -0.25) is 4.79 Å². The lowest BCUT2D eigenvalue weighted by molar-refractivity contribution is -0.139. The average molecular weight is 311 g/mol. The van der Waals surface area contributed by atoms with Crippen molar-refractivity contribution in [3.05, 3.63) is 42.4 Å². The third-order valence-electron chi connectivity index (χ3n) is 4.47. The van der Waals surface area contributed by atoms with E-state index in [9.17, 15) is 4.79 Å². The minimum Gasteiger partial charge on any atom is -0.331 e. The Hall–Kier alpha value is -2.10. The van der Waals surface area contributed by atoms with Crippen molar-refractivity contribution in [1.82, 2.24) is 14.5 Å². The van der Waals surface area contributed by atoms with Gasteiger partial charge in [0.15, 0.2) is 0 Å². The number of benzene rings is 1. The fraction of sp³-hybridized carbons (Fsp3) is 0.474. The molecule has 0 aliphatic carbocycles. The molecular formula is C19H25N3O. The van der Waals surface area contributed by atoms with Gasteiger partial charge in [0, 0.05) is 30.8 Å². The molecule has 1 aromatic carbocycles. The molecule has 3 rings (SSSR count). The van der Waals surface area contributed by atoms with Crippen molar-refractivity contribution in [3.8, 4) is 11.3 Å². The van der Waals surface area contributed by atoms with Crippen molar-refractivity contribution in [1.29, 1.82) is 0 Å². The van der Waals surface area contributed by atoms with Gasteiger partial charge in [0.05, 0.1) is 11.7 Å². The number of aromatic nitrogens is 2. The quantitative estimate of drug-likeness (QED) is 0.866. The summed E-state index contributed by atoms with van der Waals surface area (Å²) in [4.78, 5) is 19.5. The first kappa shape index (κ1) is 15.8. The summed E-state index contributed by atoms with van der Waals surface area (Å²) in [5.41, 5.74) is 2.11. The molecule has 0 radical (unpaired) electrons. The van der Waals surface area contributed by atoms with E-state index in [1.165, 1.54) is 0 Å². The monoisotopic (exact) mass is 311 g/mol. The third-order valence-corrected chi connectivity index (χ3v) is 4.47. The smallest absolute Gasteiger partial charge is 0.225 e. The number of nitrogens with zero attached hydrogens (tertiary/aromatic N) is 3. The number of amides is 1. The Bertz CT molecular complexity index is 688. The van der Waals surface area contributed by atoms with E-state index >= 15 is 0 Å². The second-order valence-corrected chi connectivity index (χ2v) is 6.92. The van der Waals surface area contributed by atoms with E-state index in [0.717, 1.165) is 30.2 Å². The van der Waals surface area contributed by atoms with Crippen LogP contribution in [-0.2, 0) is 11.3 Å². The number of carbonyl (C=O) groups excluding carboxylic acids is 1. The fourth-order valence-electron chi connectivity index (χ4n) is 3.32. The van der Waals surface area contributed by atoms with Gasteiger partial charge in [-0.05, 0) is 5.92 Å². The van der Waals surface area contributed by atoms with Crippen molar-refractivity contribution < 1.29 is 4.79 Å². The molecule has 0 fully saturated rings. The Morgan fingerprint density at radius 2 is 1.83 bits per heavy atom. The number of fused-ring (bicyclic) bond motifs is 1. The molecule has 1 atom stereocenters. The van der Waals surface area contributed by atoms with Gasteiger partial charge >= 0.3 is 0 Å². The fourth-order valence-corrected chi connectivity index (χ4v) is 3.32. The van der Waals surface area contributed by atoms with Crippen molar-refractivity contribution in [2.24, 2.45) is 11.8 Å². The van der Waals surface area contributed by atoms with Gasteiger partial charge < -0.3 is 9.47 Å². The molecular weight excluding hydrogens is 286 g/mol. The van der Waals surface area contributed by atoms with Crippen LogP contribution in [0.25, 0.3) is 11.3 Å². The Balaban J connectivity index is 2.00. The van der Waals surface area contributed by atoms with E-state index in [1.54, 1.807) is 0 Å². The number of rotatable bonds is 3. The summed E-state index contributed by atoms with van der Waals surface area (Å²) in [6.45, 7) is 9.84. The highest BCUT2D eigenvalue weighted by molar-refractivity contribution is 5.78. The number of imidazole rings is 1. The highest BCUT2D eigenvalue weighted by Crippen LogP contribution is 2.34. The summed E-state index contributed by atoms with van der Waals surface area (Å²) in [5.74, 6) is 1.59. The topological polar surface area (TPSA) is 38.1 Å². The van der Waals surface area contributed by atoms with Gasteiger partial charge in [0.2, 0.25) is 5.91 Å². The highest BCUT2D eigenvalue weighted by Gasteiger charge is 2.35. The van der Waals surface area contributed by atoms with Crippen LogP contribution in [0.2, 0.25) is 0 Å². The third kappa shape index (κ3) is 2.90. The summed E-state index contributed by atoms with van der Waals surface area (Å²) in [6, 6.07) is 10.3. The van der Waals surface area contributed by atoms with E-state index < -0.39 is 0 Å². The molecule has 0 bridgehead atoms. The molecule has 4 heteroatoms. The Labute approximate surface area is 138 Å². The minimum atomic E-state index is 0.0198. The Kier molecular flexibility index (Phi) is 4.24. The van der Waals surface area contributed by atoms with Crippen molar-refractivity contribution >= 4 is 5.91 Å². The molecule has 0 spiro atoms. The molecule has 1 aliphatic heterocycles. The number of carbonyl (C=O) groups is 1. The minimum absolute atomic E-state index is 0.0198. The summed E-state index contributed by atoms with van der Waals surface area (Å²) in [7, 11) is 0. The number of hydrogen-bond donors (Lipinski definition) is 0. The van der Waals surface area contributed by atoms with E-state index in [-0.39, 0.29) is 17.9 Å². The first-order chi connectivity index (χ1) is 11.0. The van der Waals surface area contributed by atoms with Gasteiger partial charge in [-0.15, -0.1) is 0 Å². The first-order valence-corrected chi connectivity index (χ1v) is 8.42. The molecule has 1 amide bonds. The zero-order valence-electron chi connectivity index (χ0n) is 14.4. The van der Waals surface area contributed by atoms with Crippen LogP contribution >= 0.6 is 0 Å². The summed E-state index contributed by atoms with van der Waals surface area (Å²) < 4.78 is 2.22. The maximum absolute atomic E-state index is 12.6. The summed E-state index contributed by atoms with van der Waals surface area (Å²) in [6.07, 6.45) is 2.12. The van der Waals surface area contributed by atoms with Crippen LogP contribution in [0.15, 0.2) is 36.5 Å². The van der Waals surface area contributed by atoms with Crippen molar-refractivity contribution in [3.63, 3.8) is 0 Å². The Morgan fingerprint density at radius 3 is 2.43 bits per heavy atom. The van der Waals surface area contributed by atoms with E-state index in [4.69, 9.17) is 4.98 Å². The van der Waals surface area contributed by atoms with Gasteiger partial charge in [-0.1, -0.05) is 58.0 Å². The van der Waals surface area contributed by atoms with Crippen molar-refractivity contribution in [2.45, 2.75) is 40.3 Å². The van der Waals surface area contributed by atoms with Crippen LogP contribution in [0.3, 0.4) is 0 Å². The first-order valence-electron chi connectivity index (χ1n) is 8.42. The molecule has 23 heavy (non-hydrogen) atoms. The molecule has 0 unspecified atom stereocenters. The SMILES string of the molecule is CC(C)C(=O)N1CCn2cc(-c3ccccc3)nc2[C@H]1C(C)C. The van der Waals surface area contributed by atoms with E-state index in [2.05, 4.69) is 36.7 Å². The molecule has 0 saturated heterocycles. The Morgan fingerprint density at radius 1 is 1.13 bits per heavy atom. The highest BCUT2D eigenvalue weighted by atomic mass is 16.2. The van der Waals surface area contributed by atoms with Gasteiger partial charge in [-0.25, -0.2) is 4.98 Å². The average Bonchev–Trinajstić information content (AvgIpc) is 2.97. The van der Waals surface area contributed by atoms with Gasteiger partial charge in [-0.2, -0.15) is 0 Å². The number of hydrogen-bond acceptors (Lipinski definition) is 2. The van der Waals surface area contributed by atoms with Crippen LogP contribution in [0.5, 0.6) is 0 Å². The van der Waals surface area contributed by atoms with Crippen LogP contribution < -0.4 is 0 Å². The van der Waals surface area contributed by atoms with E-state index in [0.29, 0.717) is 5.92 Å². The van der Waals surface area contributed by atoms with Crippen LogP contribution in [0, 0.1) is 11.8 Å². The molecule has 0 saturated carbocycles. The zero-order valence-corrected chi connectivity index (χ0v) is 14.4. The zero-order chi connectivity index (χ0) is 16.6. The maximum Gasteiger partial charge on any atom is 0.225 e. The molecule has 2 heterocycles. The molecule has 1 aromatic heterocycles. The van der Waals surface area contributed by atoms with Crippen LogP contribution in [0.4, 0.5) is 0 Å². The standard InChI is InChI=1S/C19H25N3O/c1-13(2)17-18-20-16(15-8-6-5-7-9-15)12-21(18)10-11-22(17)19(23)14(3)4/h5-9,12-14,17H,10-11H2,1-4H3/t17-/m1/s1. The summed E-state index contributed by atoms with van der Waals surface area (Å²) in [5, 5.41) is 0. The molecule has 4 nitrogen and oxygen atoms in total. The molecule has 1 aliphatic rings. The van der Waals surface area contributed by atoms with Crippen molar-refractivity contribution in [2.75, 3.05) is 6.54 Å². The van der Waals surface area contributed by atoms with E-state index in [1.807, 2.05) is 36.9 Å². The lowest BCUT2D eigenvalue weighted by atomic mass is 9.98. The lowest BCUT2D eigenvalue weighted by Crippen LogP contribution is -2.45. The second kappa shape index (κ2) is 6.19. The largest absolute Gasteiger partial charge is 0.331 e. The van der Waals surface area contributed by atoms with Gasteiger partial charge in [0.1, 0.15) is 5.82 Å². The van der Waals surface area contributed by atoms with Crippen LogP contribution in [-0.4, -0.2) is 26.9 Å². The molecule has 2 aromatic rings. The molecule has 122 valence electrons. The lowest BCUT2D eigenvalue weighted by Gasteiger charge is -2.39. The summed E-state index contributed by atoms with van der Waals surface area (Å²) >= 11 is 0. The second-order valence-electron chi connectivity index (χ2n) is 6.92. The van der Waals surface area contributed by atoms with Crippen LogP contribution in [0.1, 0.15) is 39.6 Å².